The Morgan fingerprint density at radius 3 is 2.48 bits per heavy atom. The van der Waals surface area contributed by atoms with Gasteiger partial charge in [-0.2, -0.15) is 5.10 Å². The van der Waals surface area contributed by atoms with Crippen molar-refractivity contribution in [3.8, 4) is 5.69 Å². The lowest BCUT2D eigenvalue weighted by molar-refractivity contribution is 0.0766. The summed E-state index contributed by atoms with van der Waals surface area (Å²) >= 11 is 7.52. The number of nitrogens with zero attached hydrogens (tertiary/aromatic N) is 3. The summed E-state index contributed by atoms with van der Waals surface area (Å²) < 4.78 is 1.91. The number of hydrogen-bond acceptors (Lipinski definition) is 3. The van der Waals surface area contributed by atoms with Crippen LogP contribution in [0, 0.1) is 6.92 Å². The van der Waals surface area contributed by atoms with Crippen molar-refractivity contribution in [3.05, 3.63) is 45.9 Å². The first kappa shape index (κ1) is 16.6. The van der Waals surface area contributed by atoms with Crippen molar-refractivity contribution in [3.63, 3.8) is 0 Å². The topological polar surface area (TPSA) is 38.1 Å². The quantitative estimate of drug-likeness (QED) is 0.629. The number of rotatable bonds is 2. The van der Waals surface area contributed by atoms with Crippen LogP contribution >= 0.6 is 22.9 Å². The van der Waals surface area contributed by atoms with Gasteiger partial charge in [0.1, 0.15) is 4.83 Å². The molecule has 3 heterocycles. The third kappa shape index (κ3) is 3.18. The van der Waals surface area contributed by atoms with E-state index < -0.39 is 0 Å². The molecule has 0 spiro atoms. The zero-order chi connectivity index (χ0) is 17.4. The largest absolute Gasteiger partial charge is 0.338 e. The van der Waals surface area contributed by atoms with Crippen LogP contribution < -0.4 is 0 Å². The summed E-state index contributed by atoms with van der Waals surface area (Å²) in [5.74, 6) is 0.158. The van der Waals surface area contributed by atoms with Crippen molar-refractivity contribution in [2.24, 2.45) is 0 Å². The first-order valence-corrected chi connectivity index (χ1v) is 9.87. The van der Waals surface area contributed by atoms with Gasteiger partial charge in [0.2, 0.25) is 0 Å². The summed E-state index contributed by atoms with van der Waals surface area (Å²) in [4.78, 5) is 16.7. The van der Waals surface area contributed by atoms with E-state index in [0.717, 1.165) is 52.4 Å². The van der Waals surface area contributed by atoms with Gasteiger partial charge < -0.3 is 4.90 Å². The molecule has 1 aliphatic rings. The molecule has 4 rings (SSSR count). The van der Waals surface area contributed by atoms with Crippen LogP contribution in [0.1, 0.15) is 41.0 Å². The smallest absolute Gasteiger partial charge is 0.264 e. The molecule has 0 unspecified atom stereocenters. The molecule has 4 nitrogen and oxygen atoms in total. The highest BCUT2D eigenvalue weighted by Crippen LogP contribution is 2.31. The predicted octanol–water partition coefficient (Wildman–Crippen LogP) is 5.07. The van der Waals surface area contributed by atoms with Crippen molar-refractivity contribution in [1.82, 2.24) is 14.7 Å². The number of benzene rings is 1. The van der Waals surface area contributed by atoms with Gasteiger partial charge in [-0.1, -0.05) is 24.4 Å². The van der Waals surface area contributed by atoms with Gasteiger partial charge in [0.15, 0.2) is 0 Å². The minimum absolute atomic E-state index is 0.158. The fourth-order valence-electron chi connectivity index (χ4n) is 3.34. The van der Waals surface area contributed by atoms with Crippen molar-refractivity contribution in [1.29, 1.82) is 0 Å². The maximum Gasteiger partial charge on any atom is 0.264 e. The Hall–Kier alpha value is -1.85. The van der Waals surface area contributed by atoms with Crippen LogP contribution in [0.4, 0.5) is 0 Å². The second kappa shape index (κ2) is 6.81. The molecule has 1 aromatic carbocycles. The zero-order valence-corrected chi connectivity index (χ0v) is 15.7. The van der Waals surface area contributed by atoms with Gasteiger partial charge in [-0.15, -0.1) is 11.3 Å². The number of carbonyl (C=O) groups excluding carboxylic acids is 1. The van der Waals surface area contributed by atoms with E-state index in [4.69, 9.17) is 11.6 Å². The number of hydrogen-bond donors (Lipinski definition) is 0. The number of aryl methyl sites for hydroxylation is 1. The molecular formula is C19H20ClN3OS. The fraction of sp³-hybridized carbons (Fsp3) is 0.368. The number of carbonyl (C=O) groups is 1. The van der Waals surface area contributed by atoms with Gasteiger partial charge in [-0.05, 0) is 50.1 Å². The lowest BCUT2D eigenvalue weighted by Gasteiger charge is -2.19. The van der Waals surface area contributed by atoms with Gasteiger partial charge in [-0.25, -0.2) is 4.68 Å². The Morgan fingerprint density at radius 2 is 1.80 bits per heavy atom. The third-order valence-corrected chi connectivity index (χ3v) is 6.07. The molecule has 0 radical (unpaired) electrons. The SMILES string of the molecule is Cc1nn(-c2ccc(Cl)cc2)c2sc(C(=O)N3CCCCCC3)cc12. The minimum Gasteiger partial charge on any atom is -0.338 e. The molecule has 1 aliphatic heterocycles. The molecule has 0 saturated carbocycles. The minimum atomic E-state index is 0.158. The van der Waals surface area contributed by atoms with E-state index in [0.29, 0.717) is 5.02 Å². The molecule has 1 saturated heterocycles. The van der Waals surface area contributed by atoms with Crippen LogP contribution in [0.5, 0.6) is 0 Å². The summed E-state index contributed by atoms with van der Waals surface area (Å²) in [7, 11) is 0. The molecule has 0 N–H and O–H groups in total. The Labute approximate surface area is 156 Å². The van der Waals surface area contributed by atoms with Gasteiger partial charge in [0.25, 0.3) is 5.91 Å². The highest BCUT2D eigenvalue weighted by Gasteiger charge is 2.22. The van der Waals surface area contributed by atoms with Crippen LogP contribution in [-0.4, -0.2) is 33.7 Å². The number of aromatic nitrogens is 2. The van der Waals surface area contributed by atoms with Crippen molar-refractivity contribution >= 4 is 39.1 Å². The zero-order valence-electron chi connectivity index (χ0n) is 14.2. The molecule has 3 aromatic rings. The molecule has 2 aromatic heterocycles. The predicted molar refractivity (Wildman–Crippen MR) is 103 cm³/mol. The van der Waals surface area contributed by atoms with Gasteiger partial charge in [0, 0.05) is 23.5 Å². The molecule has 0 atom stereocenters. The Morgan fingerprint density at radius 1 is 1.12 bits per heavy atom. The highest BCUT2D eigenvalue weighted by molar-refractivity contribution is 7.20. The summed E-state index contributed by atoms with van der Waals surface area (Å²) in [6.07, 6.45) is 4.66. The monoisotopic (exact) mass is 373 g/mol. The Bertz CT molecular complexity index is 905. The van der Waals surface area contributed by atoms with E-state index in [9.17, 15) is 4.79 Å². The van der Waals surface area contributed by atoms with E-state index in [1.807, 2.05) is 46.8 Å². The Kier molecular flexibility index (Phi) is 4.52. The van der Waals surface area contributed by atoms with E-state index >= 15 is 0 Å². The van der Waals surface area contributed by atoms with Gasteiger partial charge >= 0.3 is 0 Å². The molecule has 0 bridgehead atoms. The first-order valence-electron chi connectivity index (χ1n) is 8.68. The Balaban J connectivity index is 1.71. The maximum absolute atomic E-state index is 12.9. The molecule has 1 amide bonds. The summed E-state index contributed by atoms with van der Waals surface area (Å²) in [6.45, 7) is 3.73. The number of likely N-dealkylation sites (tertiary alicyclic amines) is 1. The summed E-state index contributed by atoms with van der Waals surface area (Å²) in [6, 6.07) is 9.61. The molecular weight excluding hydrogens is 354 g/mol. The van der Waals surface area contributed by atoms with E-state index in [1.165, 1.54) is 24.2 Å². The lowest BCUT2D eigenvalue weighted by Crippen LogP contribution is -2.31. The van der Waals surface area contributed by atoms with Gasteiger partial charge in [-0.3, -0.25) is 4.79 Å². The van der Waals surface area contributed by atoms with Crippen LogP contribution in [0.15, 0.2) is 30.3 Å². The van der Waals surface area contributed by atoms with E-state index in [-0.39, 0.29) is 5.91 Å². The fourth-order valence-corrected chi connectivity index (χ4v) is 4.62. The second-order valence-corrected chi connectivity index (χ2v) is 7.98. The average molecular weight is 374 g/mol. The summed E-state index contributed by atoms with van der Waals surface area (Å²) in [5, 5.41) is 6.39. The molecule has 6 heteroatoms. The van der Waals surface area contributed by atoms with Gasteiger partial charge in [0.05, 0.1) is 16.3 Å². The van der Waals surface area contributed by atoms with Crippen molar-refractivity contribution < 1.29 is 4.79 Å². The van der Waals surface area contributed by atoms with Crippen LogP contribution in [0.25, 0.3) is 15.9 Å². The lowest BCUT2D eigenvalue weighted by atomic mass is 10.2. The van der Waals surface area contributed by atoms with Crippen molar-refractivity contribution in [2.45, 2.75) is 32.6 Å². The normalized spacial score (nSPS) is 15.5. The number of amides is 1. The van der Waals surface area contributed by atoms with E-state index in [1.54, 1.807) is 0 Å². The van der Waals surface area contributed by atoms with Crippen LogP contribution in [0.2, 0.25) is 5.02 Å². The third-order valence-electron chi connectivity index (χ3n) is 4.72. The molecule has 130 valence electrons. The maximum atomic E-state index is 12.9. The van der Waals surface area contributed by atoms with Crippen molar-refractivity contribution in [2.75, 3.05) is 13.1 Å². The number of thiophene rings is 1. The second-order valence-electron chi connectivity index (χ2n) is 6.51. The summed E-state index contributed by atoms with van der Waals surface area (Å²) in [5.41, 5.74) is 1.90. The average Bonchev–Trinajstić information content (AvgIpc) is 3.04. The van der Waals surface area contributed by atoms with E-state index in [2.05, 4.69) is 5.10 Å². The standard InChI is InChI=1S/C19H20ClN3OS/c1-13-16-12-17(18(24)22-10-4-2-3-5-11-22)25-19(16)23(21-13)15-8-6-14(20)7-9-15/h6-9,12H,2-5,10-11H2,1H3. The van der Waals surface area contributed by atoms with Crippen LogP contribution in [0.3, 0.4) is 0 Å². The molecule has 0 aliphatic carbocycles. The molecule has 1 fully saturated rings. The van der Waals surface area contributed by atoms with Crippen LogP contribution in [-0.2, 0) is 0 Å². The number of halogens is 1. The number of fused-ring (bicyclic) bond motifs is 1. The first-order chi connectivity index (χ1) is 12.1. The molecule has 25 heavy (non-hydrogen) atoms. The highest BCUT2D eigenvalue weighted by atomic mass is 35.5.